The minimum Gasteiger partial charge on any atom is -0.374 e. The molecule has 0 saturated carbocycles. The van der Waals surface area contributed by atoms with Crippen molar-refractivity contribution in [2.45, 2.75) is 45.8 Å². The van der Waals surface area contributed by atoms with Crippen molar-refractivity contribution in [1.29, 1.82) is 0 Å². The molecule has 0 amide bonds. The maximum atomic E-state index is 5.87. The van der Waals surface area contributed by atoms with Crippen LogP contribution in [-0.2, 0) is 4.74 Å². The van der Waals surface area contributed by atoms with Gasteiger partial charge in [0.2, 0.25) is 0 Å². The number of nitrogens with zero attached hydrogens (tertiary/aromatic N) is 1. The van der Waals surface area contributed by atoms with Gasteiger partial charge in [-0.2, -0.15) is 0 Å². The zero-order chi connectivity index (χ0) is 11.1. The molecule has 0 bridgehead atoms. The molecule has 15 heavy (non-hydrogen) atoms. The second-order valence-electron chi connectivity index (χ2n) is 4.26. The highest BCUT2D eigenvalue weighted by atomic mass is 16.5. The van der Waals surface area contributed by atoms with Crippen molar-refractivity contribution in [2.24, 2.45) is 0 Å². The summed E-state index contributed by atoms with van der Waals surface area (Å²) < 4.78 is 5.87. The molecule has 0 spiro atoms. The van der Waals surface area contributed by atoms with E-state index in [0.29, 0.717) is 12.1 Å². The predicted octanol–water partition coefficient (Wildman–Crippen LogP) is 1.49. The van der Waals surface area contributed by atoms with Gasteiger partial charge in [0.25, 0.3) is 0 Å². The number of rotatable bonds is 6. The quantitative estimate of drug-likeness (QED) is 0.725. The van der Waals surface area contributed by atoms with Gasteiger partial charge < -0.3 is 10.1 Å². The van der Waals surface area contributed by atoms with Gasteiger partial charge in [-0.15, -0.1) is 0 Å². The third-order valence-corrected chi connectivity index (χ3v) is 3.14. The van der Waals surface area contributed by atoms with Gasteiger partial charge in [0, 0.05) is 19.1 Å². The molecule has 90 valence electrons. The summed E-state index contributed by atoms with van der Waals surface area (Å²) in [4.78, 5) is 2.48. The molecule has 2 unspecified atom stereocenters. The first-order valence-electron chi connectivity index (χ1n) is 6.39. The molecule has 1 aliphatic heterocycles. The summed E-state index contributed by atoms with van der Waals surface area (Å²) in [6.45, 7) is 11.9. The van der Waals surface area contributed by atoms with Crippen molar-refractivity contribution in [3.63, 3.8) is 0 Å². The molecular weight excluding hydrogens is 188 g/mol. The fourth-order valence-electron chi connectivity index (χ4n) is 2.25. The molecule has 2 atom stereocenters. The van der Waals surface area contributed by atoms with Gasteiger partial charge in [-0.1, -0.05) is 27.2 Å². The maximum Gasteiger partial charge on any atom is 0.0855 e. The lowest BCUT2D eigenvalue weighted by Crippen LogP contribution is -2.52. The first-order valence-corrected chi connectivity index (χ1v) is 6.39. The highest BCUT2D eigenvalue weighted by Gasteiger charge is 2.26. The van der Waals surface area contributed by atoms with Gasteiger partial charge in [-0.05, 0) is 19.5 Å². The predicted molar refractivity (Wildman–Crippen MR) is 64.2 cm³/mol. The molecule has 0 aliphatic carbocycles. The van der Waals surface area contributed by atoms with Crippen LogP contribution >= 0.6 is 0 Å². The van der Waals surface area contributed by atoms with Crippen molar-refractivity contribution in [2.75, 3.05) is 32.8 Å². The lowest BCUT2D eigenvalue weighted by Gasteiger charge is -2.36. The molecule has 0 radical (unpaired) electrons. The first-order chi connectivity index (χ1) is 7.31. The van der Waals surface area contributed by atoms with Crippen molar-refractivity contribution in [3.8, 4) is 0 Å². The number of nitrogens with one attached hydrogen (secondary N) is 1. The average molecular weight is 214 g/mol. The fourth-order valence-corrected chi connectivity index (χ4v) is 2.25. The van der Waals surface area contributed by atoms with E-state index in [1.165, 1.54) is 12.8 Å². The Morgan fingerprint density at radius 3 is 2.80 bits per heavy atom. The van der Waals surface area contributed by atoms with Crippen LogP contribution in [0.4, 0.5) is 0 Å². The van der Waals surface area contributed by atoms with Crippen molar-refractivity contribution in [3.05, 3.63) is 0 Å². The van der Waals surface area contributed by atoms with Crippen LogP contribution in [-0.4, -0.2) is 49.8 Å². The standard InChI is InChI=1S/C12H26N2O/c1-4-7-11(13-5-2)12-10-14(6-3)8-9-15-12/h11-13H,4-10H2,1-3H3. The van der Waals surface area contributed by atoms with Crippen LogP contribution in [0.2, 0.25) is 0 Å². The van der Waals surface area contributed by atoms with Crippen molar-refractivity contribution < 1.29 is 4.74 Å². The van der Waals surface area contributed by atoms with Gasteiger partial charge >= 0.3 is 0 Å². The summed E-state index contributed by atoms with van der Waals surface area (Å²) in [5.74, 6) is 0. The topological polar surface area (TPSA) is 24.5 Å². The van der Waals surface area contributed by atoms with E-state index >= 15 is 0 Å². The smallest absolute Gasteiger partial charge is 0.0855 e. The Balaban J connectivity index is 2.42. The molecule has 0 aromatic carbocycles. The molecule has 1 heterocycles. The second-order valence-corrected chi connectivity index (χ2v) is 4.26. The van der Waals surface area contributed by atoms with Gasteiger partial charge in [-0.25, -0.2) is 0 Å². The molecule has 3 heteroatoms. The van der Waals surface area contributed by atoms with Gasteiger partial charge in [-0.3, -0.25) is 4.90 Å². The van der Waals surface area contributed by atoms with Crippen molar-refractivity contribution in [1.82, 2.24) is 10.2 Å². The van der Waals surface area contributed by atoms with E-state index in [-0.39, 0.29) is 0 Å². The van der Waals surface area contributed by atoms with E-state index in [2.05, 4.69) is 31.0 Å². The van der Waals surface area contributed by atoms with Crippen LogP contribution in [0.1, 0.15) is 33.6 Å². The number of hydrogen-bond donors (Lipinski definition) is 1. The highest BCUT2D eigenvalue weighted by molar-refractivity contribution is 4.82. The summed E-state index contributed by atoms with van der Waals surface area (Å²) in [5, 5.41) is 3.55. The van der Waals surface area contributed by atoms with Crippen LogP contribution in [0, 0.1) is 0 Å². The lowest BCUT2D eigenvalue weighted by molar-refractivity contribution is -0.0459. The molecule has 0 aromatic rings. The third kappa shape index (κ3) is 4.09. The van der Waals surface area contributed by atoms with Crippen LogP contribution < -0.4 is 5.32 Å². The summed E-state index contributed by atoms with van der Waals surface area (Å²) in [6.07, 6.45) is 2.83. The zero-order valence-electron chi connectivity index (χ0n) is 10.5. The largest absolute Gasteiger partial charge is 0.374 e. The molecule has 1 N–H and O–H groups in total. The van der Waals surface area contributed by atoms with Gasteiger partial charge in [0.15, 0.2) is 0 Å². The molecular formula is C12H26N2O. The Kier molecular flexibility index (Phi) is 6.22. The SMILES string of the molecule is CCCC(NCC)C1CN(CC)CCO1. The minimum absolute atomic E-state index is 0.388. The normalized spacial score (nSPS) is 25.4. The summed E-state index contributed by atoms with van der Waals surface area (Å²) in [7, 11) is 0. The molecule has 1 fully saturated rings. The van der Waals surface area contributed by atoms with Crippen LogP contribution in [0.5, 0.6) is 0 Å². The van der Waals surface area contributed by atoms with E-state index in [1.54, 1.807) is 0 Å². The summed E-state index contributed by atoms with van der Waals surface area (Å²) >= 11 is 0. The van der Waals surface area contributed by atoms with Gasteiger partial charge in [0.05, 0.1) is 12.7 Å². The van der Waals surface area contributed by atoms with Crippen molar-refractivity contribution >= 4 is 0 Å². The number of morpholine rings is 1. The fraction of sp³-hybridized carbons (Fsp3) is 1.00. The second kappa shape index (κ2) is 7.20. The van der Waals surface area contributed by atoms with E-state index < -0.39 is 0 Å². The highest BCUT2D eigenvalue weighted by Crippen LogP contribution is 2.12. The molecule has 3 nitrogen and oxygen atoms in total. The first kappa shape index (κ1) is 12.9. The Morgan fingerprint density at radius 1 is 1.40 bits per heavy atom. The van der Waals surface area contributed by atoms with E-state index in [0.717, 1.165) is 32.8 Å². The summed E-state index contributed by atoms with van der Waals surface area (Å²) in [6, 6.07) is 0.536. The van der Waals surface area contributed by atoms with E-state index in [9.17, 15) is 0 Å². The number of ether oxygens (including phenoxy) is 1. The number of hydrogen-bond acceptors (Lipinski definition) is 3. The average Bonchev–Trinajstić information content (AvgIpc) is 2.29. The Morgan fingerprint density at radius 2 is 2.20 bits per heavy atom. The Hall–Kier alpha value is -0.120. The van der Waals surface area contributed by atoms with Crippen LogP contribution in [0.3, 0.4) is 0 Å². The molecule has 0 aromatic heterocycles. The van der Waals surface area contributed by atoms with Gasteiger partial charge in [0.1, 0.15) is 0 Å². The maximum absolute atomic E-state index is 5.87. The number of likely N-dealkylation sites (N-methyl/N-ethyl adjacent to an activating group) is 2. The minimum atomic E-state index is 0.388. The molecule has 1 saturated heterocycles. The monoisotopic (exact) mass is 214 g/mol. The van der Waals surface area contributed by atoms with Crippen LogP contribution in [0.15, 0.2) is 0 Å². The Labute approximate surface area is 94.2 Å². The lowest BCUT2D eigenvalue weighted by atomic mass is 10.0. The molecule has 1 rings (SSSR count). The Bertz CT molecular complexity index is 158. The zero-order valence-corrected chi connectivity index (χ0v) is 10.5. The third-order valence-electron chi connectivity index (χ3n) is 3.14. The van der Waals surface area contributed by atoms with E-state index in [4.69, 9.17) is 4.74 Å². The molecule has 1 aliphatic rings. The summed E-state index contributed by atoms with van der Waals surface area (Å²) in [5.41, 5.74) is 0. The van der Waals surface area contributed by atoms with Crippen LogP contribution in [0.25, 0.3) is 0 Å². The van der Waals surface area contributed by atoms with E-state index in [1.807, 2.05) is 0 Å².